The Morgan fingerprint density at radius 3 is 2.75 bits per heavy atom. The quantitative estimate of drug-likeness (QED) is 0.476. The summed E-state index contributed by atoms with van der Waals surface area (Å²) in [6.45, 7) is 0.798. The smallest absolute Gasteiger partial charge is 0.278 e. The molecule has 1 aromatic heterocycles. The van der Waals surface area contributed by atoms with Crippen molar-refractivity contribution in [2.24, 2.45) is 0 Å². The summed E-state index contributed by atoms with van der Waals surface area (Å²) >= 11 is 0. The molecule has 2 aliphatic rings. The van der Waals surface area contributed by atoms with Crippen LogP contribution >= 0.6 is 0 Å². The second kappa shape index (κ2) is 9.58. The summed E-state index contributed by atoms with van der Waals surface area (Å²) in [4.78, 5) is 40.5. The topological polar surface area (TPSA) is 90.3 Å². The minimum Gasteiger partial charge on any atom is -0.482 e. The molecule has 0 bridgehead atoms. The lowest BCUT2D eigenvalue weighted by molar-refractivity contribution is -0.129. The number of ether oxygens (including phenoxy) is 3. The van der Waals surface area contributed by atoms with Gasteiger partial charge in [0.05, 0.1) is 6.54 Å². The maximum absolute atomic E-state index is 13.3. The summed E-state index contributed by atoms with van der Waals surface area (Å²) in [6, 6.07) is 10.6. The SMILES string of the molecule is C#COCCN1CN(C(=O)[C@H]2CCCO2)n2ccc(=O)c(OCc3ccccc3)c2C1=O. The molecule has 2 amide bonds. The van der Waals surface area contributed by atoms with E-state index in [9.17, 15) is 14.4 Å². The Hall–Kier alpha value is -3.77. The molecule has 0 radical (unpaired) electrons. The maximum atomic E-state index is 13.3. The standard InChI is InChI=1S/C23H23N3O6/c1-2-30-14-12-24-16-26(22(28)19-9-6-13-31-19)25-11-10-18(27)21(20(25)23(24)29)32-15-17-7-4-3-5-8-17/h1,3-5,7-8,10-11,19H,6,9,12-16H2/t19-/m1/s1. The van der Waals surface area contributed by atoms with E-state index in [1.165, 1.54) is 26.8 Å². The predicted octanol–water partition coefficient (Wildman–Crippen LogP) is 1.09. The van der Waals surface area contributed by atoms with Gasteiger partial charge in [0.2, 0.25) is 5.43 Å². The third kappa shape index (κ3) is 4.31. The first kappa shape index (κ1) is 21.5. The number of rotatable bonds is 7. The molecular formula is C23H23N3O6. The normalized spacial score (nSPS) is 17.6. The molecule has 4 rings (SSSR count). The Bertz CT molecular complexity index is 1090. The van der Waals surface area contributed by atoms with E-state index in [-0.39, 0.29) is 43.8 Å². The number of amides is 2. The van der Waals surface area contributed by atoms with Crippen molar-refractivity contribution in [1.29, 1.82) is 0 Å². The molecule has 0 unspecified atom stereocenters. The molecule has 3 heterocycles. The van der Waals surface area contributed by atoms with Crippen LogP contribution < -0.4 is 15.2 Å². The van der Waals surface area contributed by atoms with Crippen LogP contribution in [-0.2, 0) is 20.9 Å². The third-order valence-corrected chi connectivity index (χ3v) is 5.32. The number of pyridine rings is 1. The molecule has 1 fully saturated rings. The molecule has 1 atom stereocenters. The highest BCUT2D eigenvalue weighted by Crippen LogP contribution is 2.24. The van der Waals surface area contributed by atoms with Gasteiger partial charge in [0, 0.05) is 18.9 Å². The molecule has 0 spiro atoms. The van der Waals surface area contributed by atoms with Crippen molar-refractivity contribution in [3.05, 3.63) is 64.1 Å². The van der Waals surface area contributed by atoms with E-state index in [0.29, 0.717) is 13.0 Å². The van der Waals surface area contributed by atoms with Gasteiger partial charge >= 0.3 is 0 Å². The number of nitrogens with zero attached hydrogens (tertiary/aromatic N) is 3. The zero-order chi connectivity index (χ0) is 22.5. The highest BCUT2D eigenvalue weighted by molar-refractivity contribution is 6.00. The average molecular weight is 437 g/mol. The van der Waals surface area contributed by atoms with Crippen molar-refractivity contribution >= 4 is 11.8 Å². The average Bonchev–Trinajstić information content (AvgIpc) is 3.35. The Morgan fingerprint density at radius 2 is 2.03 bits per heavy atom. The van der Waals surface area contributed by atoms with Crippen LogP contribution in [0.2, 0.25) is 0 Å². The Balaban J connectivity index is 1.70. The molecule has 9 nitrogen and oxygen atoms in total. The van der Waals surface area contributed by atoms with Gasteiger partial charge in [-0.2, -0.15) is 0 Å². The molecule has 2 aromatic rings. The molecule has 0 saturated carbocycles. The van der Waals surface area contributed by atoms with Crippen LogP contribution in [0.15, 0.2) is 47.4 Å². The van der Waals surface area contributed by atoms with E-state index in [1.807, 2.05) is 30.3 Å². The predicted molar refractivity (Wildman–Crippen MR) is 114 cm³/mol. The summed E-state index contributed by atoms with van der Waals surface area (Å²) < 4.78 is 17.7. The molecule has 1 saturated heterocycles. The van der Waals surface area contributed by atoms with Gasteiger partial charge in [0.15, 0.2) is 11.4 Å². The van der Waals surface area contributed by atoms with Crippen molar-refractivity contribution < 1.29 is 23.8 Å². The van der Waals surface area contributed by atoms with Gasteiger partial charge in [-0.1, -0.05) is 36.8 Å². The van der Waals surface area contributed by atoms with Crippen LogP contribution in [0.5, 0.6) is 5.75 Å². The van der Waals surface area contributed by atoms with Crippen LogP contribution in [0, 0.1) is 12.5 Å². The van der Waals surface area contributed by atoms with Crippen LogP contribution in [0.25, 0.3) is 0 Å². The number of hydrogen-bond donors (Lipinski definition) is 0. The fraction of sp³-hybridized carbons (Fsp3) is 0.348. The molecular weight excluding hydrogens is 414 g/mol. The summed E-state index contributed by atoms with van der Waals surface area (Å²) in [6.07, 6.45) is 9.37. The van der Waals surface area contributed by atoms with Crippen molar-refractivity contribution in [2.45, 2.75) is 25.6 Å². The summed E-state index contributed by atoms with van der Waals surface area (Å²) in [5.41, 5.74) is 0.364. The number of benzene rings is 1. The summed E-state index contributed by atoms with van der Waals surface area (Å²) in [7, 11) is 0. The van der Waals surface area contributed by atoms with Gasteiger partial charge in [0.1, 0.15) is 32.1 Å². The van der Waals surface area contributed by atoms with Gasteiger partial charge in [-0.05, 0) is 18.4 Å². The summed E-state index contributed by atoms with van der Waals surface area (Å²) in [5.74, 6) is -0.867. The van der Waals surface area contributed by atoms with Crippen LogP contribution in [-0.4, -0.2) is 53.9 Å². The number of hydrogen-bond acceptors (Lipinski definition) is 6. The van der Waals surface area contributed by atoms with E-state index < -0.39 is 17.4 Å². The van der Waals surface area contributed by atoms with Gasteiger partial charge in [0.25, 0.3) is 11.8 Å². The fourth-order valence-corrected chi connectivity index (χ4v) is 3.72. The van der Waals surface area contributed by atoms with Gasteiger partial charge in [-0.15, -0.1) is 0 Å². The van der Waals surface area contributed by atoms with E-state index in [2.05, 4.69) is 6.11 Å². The maximum Gasteiger partial charge on any atom is 0.278 e. The fourth-order valence-electron chi connectivity index (χ4n) is 3.72. The molecule has 32 heavy (non-hydrogen) atoms. The van der Waals surface area contributed by atoms with E-state index in [1.54, 1.807) is 0 Å². The third-order valence-electron chi connectivity index (χ3n) is 5.32. The monoisotopic (exact) mass is 437 g/mol. The minimum atomic E-state index is -0.604. The van der Waals surface area contributed by atoms with Gasteiger partial charge < -0.3 is 19.1 Å². The lowest BCUT2D eigenvalue weighted by atomic mass is 10.2. The largest absolute Gasteiger partial charge is 0.482 e. The van der Waals surface area contributed by atoms with Crippen molar-refractivity contribution in [1.82, 2.24) is 9.58 Å². The Morgan fingerprint density at radius 1 is 1.22 bits per heavy atom. The van der Waals surface area contributed by atoms with Crippen molar-refractivity contribution in [3.63, 3.8) is 0 Å². The first-order valence-electron chi connectivity index (χ1n) is 10.3. The molecule has 1 aromatic carbocycles. The number of aromatic nitrogens is 1. The minimum absolute atomic E-state index is 0.0215. The van der Waals surface area contributed by atoms with E-state index in [0.717, 1.165) is 12.0 Å². The second-order valence-electron chi connectivity index (χ2n) is 7.39. The summed E-state index contributed by atoms with van der Waals surface area (Å²) in [5, 5.41) is 1.39. The van der Waals surface area contributed by atoms with Crippen LogP contribution in [0.3, 0.4) is 0 Å². The Labute approximate surface area is 185 Å². The van der Waals surface area contributed by atoms with Crippen molar-refractivity contribution in [2.75, 3.05) is 31.4 Å². The highest BCUT2D eigenvalue weighted by Gasteiger charge is 2.38. The first-order chi connectivity index (χ1) is 15.6. The number of carbonyl (C=O) groups is 2. The number of terminal acetylenes is 1. The number of fused-ring (bicyclic) bond motifs is 1. The lowest BCUT2D eigenvalue weighted by Crippen LogP contribution is -2.59. The molecule has 9 heteroatoms. The Kier molecular flexibility index (Phi) is 6.42. The first-order valence-corrected chi connectivity index (χ1v) is 10.3. The van der Waals surface area contributed by atoms with E-state index in [4.69, 9.17) is 20.6 Å². The van der Waals surface area contributed by atoms with Crippen LogP contribution in [0.4, 0.5) is 0 Å². The molecule has 2 aliphatic heterocycles. The highest BCUT2D eigenvalue weighted by atomic mass is 16.5. The van der Waals surface area contributed by atoms with Gasteiger partial charge in [-0.25, -0.2) is 9.69 Å². The number of carbonyl (C=O) groups excluding carboxylic acids is 2. The van der Waals surface area contributed by atoms with Crippen molar-refractivity contribution in [3.8, 4) is 18.3 Å². The zero-order valence-corrected chi connectivity index (χ0v) is 17.4. The molecule has 166 valence electrons. The zero-order valence-electron chi connectivity index (χ0n) is 17.4. The lowest BCUT2D eigenvalue weighted by Gasteiger charge is -2.39. The van der Waals surface area contributed by atoms with Crippen LogP contribution in [0.1, 0.15) is 28.9 Å². The van der Waals surface area contributed by atoms with Gasteiger partial charge in [-0.3, -0.25) is 14.4 Å². The second-order valence-corrected chi connectivity index (χ2v) is 7.39. The molecule has 0 N–H and O–H groups in total. The molecule has 0 aliphatic carbocycles. The van der Waals surface area contributed by atoms with E-state index >= 15 is 0 Å².